The number of carbonyl (C=O) groups is 2. The Labute approximate surface area is 160 Å². The molecule has 0 aliphatic carbocycles. The van der Waals surface area contributed by atoms with E-state index in [0.717, 1.165) is 11.3 Å². The lowest BCUT2D eigenvalue weighted by atomic mass is 10.1. The molecule has 1 aromatic heterocycles. The van der Waals surface area contributed by atoms with E-state index in [1.54, 1.807) is 13.2 Å². The molecule has 1 aliphatic rings. The van der Waals surface area contributed by atoms with Gasteiger partial charge in [-0.05, 0) is 48.5 Å². The predicted molar refractivity (Wildman–Crippen MR) is 102 cm³/mol. The van der Waals surface area contributed by atoms with Crippen LogP contribution in [-0.2, 0) is 9.59 Å². The zero-order valence-corrected chi connectivity index (χ0v) is 15.0. The van der Waals surface area contributed by atoms with Crippen LogP contribution in [0.15, 0.2) is 54.6 Å². The summed E-state index contributed by atoms with van der Waals surface area (Å²) < 4.78 is 19.7. The quantitative estimate of drug-likeness (QED) is 0.728. The number of nitrogens with one attached hydrogen (secondary N) is 2. The van der Waals surface area contributed by atoms with Crippen LogP contribution in [0.5, 0.6) is 5.75 Å². The Morgan fingerprint density at radius 2 is 1.93 bits per heavy atom. The molecular formula is C20H17FN4O3. The minimum atomic E-state index is -0.805. The molecule has 8 heteroatoms. The molecule has 0 fully saturated rings. The van der Waals surface area contributed by atoms with Gasteiger partial charge in [0, 0.05) is 17.3 Å². The molecule has 2 heterocycles. The van der Waals surface area contributed by atoms with Gasteiger partial charge in [-0.25, -0.2) is 9.07 Å². The maximum Gasteiger partial charge on any atom is 0.249 e. The summed E-state index contributed by atoms with van der Waals surface area (Å²) in [5, 5.41) is 9.95. The number of hydrogen-bond donors (Lipinski definition) is 2. The summed E-state index contributed by atoms with van der Waals surface area (Å²) in [4.78, 5) is 24.8. The number of benzene rings is 2. The van der Waals surface area contributed by atoms with Crippen molar-refractivity contribution in [2.24, 2.45) is 0 Å². The number of hydrogen-bond acceptors (Lipinski definition) is 4. The molecule has 2 aromatic carbocycles. The predicted octanol–water partition coefficient (Wildman–Crippen LogP) is 3.22. The average molecular weight is 380 g/mol. The first-order valence-electron chi connectivity index (χ1n) is 8.64. The summed E-state index contributed by atoms with van der Waals surface area (Å²) in [7, 11) is 1.59. The number of ether oxygens (including phenoxy) is 1. The van der Waals surface area contributed by atoms with E-state index >= 15 is 0 Å². The van der Waals surface area contributed by atoms with Crippen LogP contribution in [0.3, 0.4) is 0 Å². The van der Waals surface area contributed by atoms with Crippen molar-refractivity contribution in [2.45, 2.75) is 12.5 Å². The fraction of sp³-hybridized carbons (Fsp3) is 0.150. The molecule has 1 aliphatic heterocycles. The molecule has 1 atom stereocenters. The molecule has 2 amide bonds. The molecule has 0 spiro atoms. The fourth-order valence-electron chi connectivity index (χ4n) is 3.05. The Kier molecular flexibility index (Phi) is 4.52. The van der Waals surface area contributed by atoms with E-state index in [1.807, 2.05) is 24.3 Å². The molecule has 2 N–H and O–H groups in total. The third-order valence-electron chi connectivity index (χ3n) is 4.48. The van der Waals surface area contributed by atoms with E-state index in [4.69, 9.17) is 4.74 Å². The van der Waals surface area contributed by atoms with Crippen molar-refractivity contribution >= 4 is 23.3 Å². The monoisotopic (exact) mass is 380 g/mol. The van der Waals surface area contributed by atoms with Crippen molar-refractivity contribution in [3.8, 4) is 17.0 Å². The number of fused-ring (bicyclic) bond motifs is 1. The van der Waals surface area contributed by atoms with Crippen molar-refractivity contribution in [3.63, 3.8) is 0 Å². The topological polar surface area (TPSA) is 85.2 Å². The number of rotatable bonds is 4. The van der Waals surface area contributed by atoms with Gasteiger partial charge in [0.1, 0.15) is 23.4 Å². The van der Waals surface area contributed by atoms with Gasteiger partial charge in [0.25, 0.3) is 0 Å². The summed E-state index contributed by atoms with van der Waals surface area (Å²) >= 11 is 0. The van der Waals surface area contributed by atoms with Crippen LogP contribution in [0.25, 0.3) is 11.3 Å². The Morgan fingerprint density at radius 1 is 1.21 bits per heavy atom. The van der Waals surface area contributed by atoms with Gasteiger partial charge in [-0.2, -0.15) is 5.10 Å². The highest BCUT2D eigenvalue weighted by molar-refractivity contribution is 6.01. The van der Waals surface area contributed by atoms with E-state index in [-0.39, 0.29) is 12.3 Å². The zero-order chi connectivity index (χ0) is 19.7. The fourth-order valence-corrected chi connectivity index (χ4v) is 3.05. The SMILES string of the molecule is COc1ccc(-c2cc3n(n2)[C@@H](C(=O)Nc2ccc(F)cc2)CC(=O)N3)cc1. The van der Waals surface area contributed by atoms with Gasteiger partial charge in [0.05, 0.1) is 19.2 Å². The first-order valence-corrected chi connectivity index (χ1v) is 8.64. The highest BCUT2D eigenvalue weighted by Crippen LogP contribution is 2.30. The normalized spacial score (nSPS) is 15.5. The Hall–Kier alpha value is -3.68. The van der Waals surface area contributed by atoms with E-state index in [9.17, 15) is 14.0 Å². The standard InChI is InChI=1S/C20H17FN4O3/c1-28-15-8-2-12(3-9-15)16-10-18-23-19(26)11-17(25(18)24-16)20(27)22-14-6-4-13(21)5-7-14/h2-10,17H,11H2,1H3,(H,22,27)(H,23,26)/t17-/m1/s1. The maximum atomic E-state index is 13.1. The smallest absolute Gasteiger partial charge is 0.249 e. The second-order valence-corrected chi connectivity index (χ2v) is 6.35. The number of methoxy groups -OCH3 is 1. The molecule has 0 radical (unpaired) electrons. The second kappa shape index (κ2) is 7.15. The van der Waals surface area contributed by atoms with Crippen molar-refractivity contribution in [3.05, 3.63) is 60.4 Å². The number of nitrogens with zero attached hydrogens (tertiary/aromatic N) is 2. The lowest BCUT2D eigenvalue weighted by molar-refractivity contribution is -0.125. The number of aromatic nitrogens is 2. The molecule has 0 saturated carbocycles. The van der Waals surface area contributed by atoms with Crippen LogP contribution in [0.4, 0.5) is 15.9 Å². The highest BCUT2D eigenvalue weighted by atomic mass is 19.1. The van der Waals surface area contributed by atoms with Crippen molar-refractivity contribution in [1.82, 2.24) is 9.78 Å². The van der Waals surface area contributed by atoms with Crippen molar-refractivity contribution < 1.29 is 18.7 Å². The van der Waals surface area contributed by atoms with Crippen LogP contribution >= 0.6 is 0 Å². The highest BCUT2D eigenvalue weighted by Gasteiger charge is 2.32. The van der Waals surface area contributed by atoms with Crippen molar-refractivity contribution in [1.29, 1.82) is 0 Å². The summed E-state index contributed by atoms with van der Waals surface area (Å²) in [6.07, 6.45) is -0.0379. The van der Waals surface area contributed by atoms with Gasteiger partial charge in [-0.15, -0.1) is 0 Å². The summed E-state index contributed by atoms with van der Waals surface area (Å²) in [6.45, 7) is 0. The summed E-state index contributed by atoms with van der Waals surface area (Å²) in [5.74, 6) is 0.104. The number of amides is 2. The Balaban J connectivity index is 1.62. The van der Waals surface area contributed by atoms with Gasteiger partial charge < -0.3 is 15.4 Å². The maximum absolute atomic E-state index is 13.1. The molecule has 142 valence electrons. The zero-order valence-electron chi connectivity index (χ0n) is 15.0. The molecule has 0 unspecified atom stereocenters. The van der Waals surface area contributed by atoms with Gasteiger partial charge in [0.15, 0.2) is 0 Å². The lowest BCUT2D eigenvalue weighted by Crippen LogP contribution is -2.35. The largest absolute Gasteiger partial charge is 0.497 e. The molecule has 28 heavy (non-hydrogen) atoms. The first kappa shape index (κ1) is 17.7. The van der Waals surface area contributed by atoms with Crippen LogP contribution in [0.1, 0.15) is 12.5 Å². The van der Waals surface area contributed by atoms with Crippen LogP contribution in [0.2, 0.25) is 0 Å². The summed E-state index contributed by atoms with van der Waals surface area (Å²) in [5.41, 5.74) is 1.90. The molecule has 3 aromatic rings. The van der Waals surface area contributed by atoms with Crippen molar-refractivity contribution in [2.75, 3.05) is 17.7 Å². The molecule has 7 nitrogen and oxygen atoms in total. The lowest BCUT2D eigenvalue weighted by Gasteiger charge is -2.23. The Morgan fingerprint density at radius 3 is 2.61 bits per heavy atom. The van der Waals surface area contributed by atoms with Gasteiger partial charge in [-0.3, -0.25) is 9.59 Å². The van der Waals surface area contributed by atoms with E-state index in [2.05, 4.69) is 15.7 Å². The van der Waals surface area contributed by atoms with Crippen LogP contribution < -0.4 is 15.4 Å². The van der Waals surface area contributed by atoms with Gasteiger partial charge in [0.2, 0.25) is 11.8 Å². The van der Waals surface area contributed by atoms with Crippen LogP contribution in [0, 0.1) is 5.82 Å². The average Bonchev–Trinajstić information content (AvgIpc) is 3.13. The molecule has 4 rings (SSSR count). The third kappa shape index (κ3) is 3.44. The first-order chi connectivity index (χ1) is 13.5. The minimum Gasteiger partial charge on any atom is -0.497 e. The minimum absolute atomic E-state index is 0.0379. The second-order valence-electron chi connectivity index (χ2n) is 6.35. The van der Waals surface area contributed by atoms with E-state index in [0.29, 0.717) is 17.2 Å². The van der Waals surface area contributed by atoms with Gasteiger partial charge >= 0.3 is 0 Å². The molecule has 0 saturated heterocycles. The van der Waals surface area contributed by atoms with Gasteiger partial charge in [-0.1, -0.05) is 0 Å². The van der Waals surface area contributed by atoms with Crippen LogP contribution in [-0.4, -0.2) is 28.7 Å². The third-order valence-corrected chi connectivity index (χ3v) is 4.48. The number of halogens is 1. The molecule has 0 bridgehead atoms. The number of carbonyl (C=O) groups excluding carboxylic acids is 2. The molecular weight excluding hydrogens is 363 g/mol. The number of anilines is 2. The van der Waals surface area contributed by atoms with E-state index < -0.39 is 17.8 Å². The van der Waals surface area contributed by atoms with E-state index in [1.165, 1.54) is 28.9 Å². The Bertz CT molecular complexity index is 1030. The summed E-state index contributed by atoms with van der Waals surface area (Å²) in [6, 6.07) is 13.7.